The predicted octanol–water partition coefficient (Wildman–Crippen LogP) is 3.05. The van der Waals surface area contributed by atoms with Crippen molar-refractivity contribution in [2.24, 2.45) is 17.8 Å². The molecule has 3 aliphatic rings. The second-order valence-electron chi connectivity index (χ2n) is 9.73. The number of carbonyl (C=O) groups is 2. The summed E-state index contributed by atoms with van der Waals surface area (Å²) >= 11 is 1.39. The van der Waals surface area contributed by atoms with Gasteiger partial charge in [0.2, 0.25) is 21.8 Å². The molecule has 2 amide bonds. The SMILES string of the molecule is CC1CCN(S(=O)(=O)c2ccc3c(c2)N(CC(=O)N2C[C@@H](C)C[C@H](C)C2)C(=O)CS3)CC1. The van der Waals surface area contributed by atoms with Crippen molar-refractivity contribution in [1.82, 2.24) is 9.21 Å². The first kappa shape index (κ1) is 23.6. The highest BCUT2D eigenvalue weighted by atomic mass is 32.2. The van der Waals surface area contributed by atoms with E-state index in [2.05, 4.69) is 20.8 Å². The Hall–Kier alpha value is -1.58. The Balaban J connectivity index is 1.58. The molecule has 7 nitrogen and oxygen atoms in total. The number of hydrogen-bond donors (Lipinski definition) is 0. The molecular formula is C23H33N3O4S2. The normalized spacial score (nSPS) is 25.7. The summed E-state index contributed by atoms with van der Waals surface area (Å²) in [5.74, 6) is 1.42. The molecule has 176 valence electrons. The molecule has 2 saturated heterocycles. The molecule has 2 atom stereocenters. The zero-order valence-electron chi connectivity index (χ0n) is 19.1. The van der Waals surface area contributed by atoms with Crippen molar-refractivity contribution < 1.29 is 18.0 Å². The maximum Gasteiger partial charge on any atom is 0.243 e. The van der Waals surface area contributed by atoms with Gasteiger partial charge in [0.1, 0.15) is 6.54 Å². The lowest BCUT2D eigenvalue weighted by atomic mass is 9.92. The number of likely N-dealkylation sites (tertiary alicyclic amines) is 1. The van der Waals surface area contributed by atoms with E-state index in [-0.39, 0.29) is 29.0 Å². The van der Waals surface area contributed by atoms with Crippen LogP contribution < -0.4 is 4.90 Å². The minimum atomic E-state index is -3.63. The molecule has 32 heavy (non-hydrogen) atoms. The lowest BCUT2D eigenvalue weighted by Crippen LogP contribution is -2.49. The van der Waals surface area contributed by atoms with E-state index in [1.54, 1.807) is 22.5 Å². The van der Waals surface area contributed by atoms with Gasteiger partial charge in [0, 0.05) is 31.1 Å². The van der Waals surface area contributed by atoms with E-state index in [1.807, 2.05) is 4.90 Å². The summed E-state index contributed by atoms with van der Waals surface area (Å²) in [5, 5.41) is 0. The second kappa shape index (κ2) is 9.35. The van der Waals surface area contributed by atoms with Gasteiger partial charge < -0.3 is 9.80 Å². The van der Waals surface area contributed by atoms with E-state index in [9.17, 15) is 18.0 Å². The fourth-order valence-electron chi connectivity index (χ4n) is 4.99. The van der Waals surface area contributed by atoms with Crippen LogP contribution in [0.4, 0.5) is 5.69 Å². The average molecular weight is 480 g/mol. The Morgan fingerprint density at radius 2 is 1.72 bits per heavy atom. The quantitative estimate of drug-likeness (QED) is 0.663. The van der Waals surface area contributed by atoms with Gasteiger partial charge in [0.15, 0.2) is 0 Å². The van der Waals surface area contributed by atoms with Crippen LogP contribution in [-0.2, 0) is 19.6 Å². The van der Waals surface area contributed by atoms with Crippen molar-refractivity contribution in [2.45, 2.75) is 49.8 Å². The van der Waals surface area contributed by atoms with Crippen LogP contribution in [0, 0.1) is 17.8 Å². The highest BCUT2D eigenvalue weighted by molar-refractivity contribution is 8.00. The van der Waals surface area contributed by atoms with Crippen molar-refractivity contribution in [3.05, 3.63) is 18.2 Å². The molecule has 4 rings (SSSR count). The van der Waals surface area contributed by atoms with Crippen molar-refractivity contribution in [3.63, 3.8) is 0 Å². The van der Waals surface area contributed by atoms with E-state index in [4.69, 9.17) is 0 Å². The third kappa shape index (κ3) is 4.84. The van der Waals surface area contributed by atoms with Crippen LogP contribution in [0.15, 0.2) is 28.0 Å². The van der Waals surface area contributed by atoms with Gasteiger partial charge in [0.05, 0.1) is 16.3 Å². The summed E-state index contributed by atoms with van der Waals surface area (Å²) in [5.41, 5.74) is 0.532. The summed E-state index contributed by atoms with van der Waals surface area (Å²) in [4.78, 5) is 30.2. The fourth-order valence-corrected chi connectivity index (χ4v) is 7.40. The number of rotatable bonds is 4. The van der Waals surface area contributed by atoms with Gasteiger partial charge in [-0.05, 0) is 55.2 Å². The topological polar surface area (TPSA) is 78.0 Å². The fraction of sp³-hybridized carbons (Fsp3) is 0.652. The standard InChI is InChI=1S/C23H33N3O4S2/c1-16-6-8-25(9-7-16)32(29,30)19-4-5-21-20(11-19)26(23(28)15-31-21)14-22(27)24-12-17(2)10-18(3)13-24/h4-5,11,16-18H,6-10,12-15H2,1-3H3/t17-,18-/m0/s1. The van der Waals surface area contributed by atoms with Gasteiger partial charge in [-0.2, -0.15) is 4.31 Å². The average Bonchev–Trinajstić information content (AvgIpc) is 2.75. The molecule has 0 saturated carbocycles. The number of hydrogen-bond acceptors (Lipinski definition) is 5. The van der Waals surface area contributed by atoms with Crippen LogP contribution >= 0.6 is 11.8 Å². The zero-order valence-corrected chi connectivity index (χ0v) is 20.8. The first-order valence-corrected chi connectivity index (χ1v) is 13.9. The maximum absolute atomic E-state index is 13.3. The number of piperidine rings is 2. The van der Waals surface area contributed by atoms with Crippen molar-refractivity contribution >= 4 is 39.3 Å². The summed E-state index contributed by atoms with van der Waals surface area (Å²) in [6.45, 7) is 8.83. The van der Waals surface area contributed by atoms with Crippen molar-refractivity contribution in [1.29, 1.82) is 0 Å². The molecule has 3 aliphatic heterocycles. The van der Waals surface area contributed by atoms with Gasteiger partial charge in [-0.1, -0.05) is 20.8 Å². The number of amides is 2. The maximum atomic E-state index is 13.3. The lowest BCUT2D eigenvalue weighted by molar-refractivity contribution is -0.133. The van der Waals surface area contributed by atoms with Crippen molar-refractivity contribution in [3.8, 4) is 0 Å². The second-order valence-corrected chi connectivity index (χ2v) is 12.7. The number of benzene rings is 1. The molecule has 1 aromatic rings. The third-order valence-electron chi connectivity index (χ3n) is 6.77. The lowest BCUT2D eigenvalue weighted by Gasteiger charge is -2.37. The Bertz CT molecular complexity index is 979. The summed E-state index contributed by atoms with van der Waals surface area (Å²) in [6.07, 6.45) is 2.81. The smallest absolute Gasteiger partial charge is 0.243 e. The largest absolute Gasteiger partial charge is 0.341 e. The van der Waals surface area contributed by atoms with Gasteiger partial charge in [-0.3, -0.25) is 9.59 Å². The van der Waals surface area contributed by atoms with Gasteiger partial charge in [-0.25, -0.2) is 8.42 Å². The number of carbonyl (C=O) groups excluding carboxylic acids is 2. The first-order valence-electron chi connectivity index (χ1n) is 11.5. The van der Waals surface area contributed by atoms with E-state index < -0.39 is 10.0 Å². The number of thioether (sulfide) groups is 1. The molecule has 2 fully saturated rings. The third-order valence-corrected chi connectivity index (χ3v) is 9.71. The molecule has 0 aromatic heterocycles. The van der Waals surface area contributed by atoms with E-state index >= 15 is 0 Å². The van der Waals surface area contributed by atoms with Crippen LogP contribution in [0.5, 0.6) is 0 Å². The molecule has 1 aromatic carbocycles. The number of anilines is 1. The van der Waals surface area contributed by atoms with Crippen LogP contribution in [0.3, 0.4) is 0 Å². The monoisotopic (exact) mass is 479 g/mol. The Labute approximate surface area is 195 Å². The molecule has 0 radical (unpaired) electrons. The highest BCUT2D eigenvalue weighted by Crippen LogP contribution is 2.38. The zero-order chi connectivity index (χ0) is 23.0. The summed E-state index contributed by atoms with van der Waals surface area (Å²) in [7, 11) is -3.63. The van der Waals surface area contributed by atoms with Gasteiger partial charge in [-0.15, -0.1) is 11.8 Å². The number of sulfonamides is 1. The van der Waals surface area contributed by atoms with E-state index in [0.29, 0.717) is 49.6 Å². The van der Waals surface area contributed by atoms with Gasteiger partial charge in [0.25, 0.3) is 0 Å². The minimum Gasteiger partial charge on any atom is -0.341 e. The van der Waals surface area contributed by atoms with E-state index in [1.165, 1.54) is 16.7 Å². The Morgan fingerprint density at radius 1 is 1.06 bits per heavy atom. The van der Waals surface area contributed by atoms with Crippen LogP contribution in [0.25, 0.3) is 0 Å². The molecule has 0 unspecified atom stereocenters. The summed E-state index contributed by atoms with van der Waals surface area (Å²) in [6, 6.07) is 4.99. The van der Waals surface area contributed by atoms with Crippen LogP contribution in [-0.4, -0.2) is 67.9 Å². The number of nitrogens with zero attached hydrogens (tertiary/aromatic N) is 3. The minimum absolute atomic E-state index is 0.0451. The van der Waals surface area contributed by atoms with Crippen molar-refractivity contribution in [2.75, 3.05) is 43.4 Å². The van der Waals surface area contributed by atoms with E-state index in [0.717, 1.165) is 24.2 Å². The Morgan fingerprint density at radius 3 is 2.38 bits per heavy atom. The van der Waals surface area contributed by atoms with Crippen LogP contribution in [0.2, 0.25) is 0 Å². The molecule has 0 aliphatic carbocycles. The molecular weight excluding hydrogens is 446 g/mol. The summed E-state index contributed by atoms with van der Waals surface area (Å²) < 4.78 is 28.0. The number of fused-ring (bicyclic) bond motifs is 1. The molecule has 0 N–H and O–H groups in total. The predicted molar refractivity (Wildman–Crippen MR) is 126 cm³/mol. The highest BCUT2D eigenvalue weighted by Gasteiger charge is 2.33. The molecule has 0 bridgehead atoms. The van der Waals surface area contributed by atoms with Gasteiger partial charge >= 0.3 is 0 Å². The molecule has 9 heteroatoms. The first-order chi connectivity index (χ1) is 15.1. The van der Waals surface area contributed by atoms with Crippen LogP contribution in [0.1, 0.15) is 40.0 Å². The Kier molecular flexibility index (Phi) is 6.89. The molecule has 3 heterocycles. The molecule has 0 spiro atoms.